The van der Waals surface area contributed by atoms with Crippen LogP contribution in [0.25, 0.3) is 0 Å². The zero-order valence-corrected chi connectivity index (χ0v) is 16.0. The van der Waals surface area contributed by atoms with E-state index in [1.165, 1.54) is 0 Å². The molecule has 1 atom stereocenters. The van der Waals surface area contributed by atoms with Crippen LogP contribution in [0.2, 0.25) is 0 Å². The van der Waals surface area contributed by atoms with E-state index in [0.29, 0.717) is 19.2 Å². The zero-order valence-electron chi connectivity index (χ0n) is 16.0. The Kier molecular flexibility index (Phi) is 6.80. The van der Waals surface area contributed by atoms with Crippen LogP contribution in [0.3, 0.4) is 0 Å². The first kappa shape index (κ1) is 19.0. The van der Waals surface area contributed by atoms with Crippen LogP contribution in [0.5, 0.6) is 0 Å². The molecule has 0 radical (unpaired) electrons. The number of aryl methyl sites for hydroxylation is 1. The number of carbonyl (C=O) groups is 1. The Morgan fingerprint density at radius 2 is 2.04 bits per heavy atom. The monoisotopic (exact) mass is 361 g/mol. The Hall–Kier alpha value is -1.73. The Bertz CT molecular complexity index is 572. The van der Waals surface area contributed by atoms with Gasteiger partial charge in [0.25, 0.3) is 0 Å². The summed E-state index contributed by atoms with van der Waals surface area (Å²) in [7, 11) is 1.66. The van der Waals surface area contributed by atoms with Crippen molar-refractivity contribution in [2.75, 3.05) is 51.3 Å². The van der Waals surface area contributed by atoms with Gasteiger partial charge in [0, 0.05) is 39.3 Å². The fraction of sp³-hybridized carbons (Fsp3) is 0.737. The van der Waals surface area contributed by atoms with Crippen LogP contribution in [0, 0.1) is 12.8 Å². The summed E-state index contributed by atoms with van der Waals surface area (Å²) < 4.78 is 5.01. The predicted octanol–water partition coefficient (Wildman–Crippen LogP) is 1.23. The molecule has 2 fully saturated rings. The molecule has 3 rings (SSSR count). The van der Waals surface area contributed by atoms with E-state index in [4.69, 9.17) is 4.74 Å². The maximum Gasteiger partial charge on any atom is 0.224 e. The van der Waals surface area contributed by atoms with Crippen molar-refractivity contribution in [3.8, 4) is 0 Å². The van der Waals surface area contributed by atoms with Crippen molar-refractivity contribution in [3.63, 3.8) is 0 Å². The molecule has 1 aromatic heterocycles. The molecule has 1 N–H and O–H groups in total. The summed E-state index contributed by atoms with van der Waals surface area (Å²) in [5.74, 6) is 1.27. The number of rotatable bonds is 6. The van der Waals surface area contributed by atoms with Gasteiger partial charge in [-0.15, -0.1) is 5.10 Å². The minimum atomic E-state index is 0.113. The number of amides is 1. The molecular formula is C19H31N5O2. The number of likely N-dealkylation sites (tertiary alicyclic amines) is 1. The van der Waals surface area contributed by atoms with Gasteiger partial charge in [0.15, 0.2) is 5.82 Å². The average Bonchev–Trinajstić information content (AvgIpc) is 2.69. The van der Waals surface area contributed by atoms with E-state index in [9.17, 15) is 4.79 Å². The lowest BCUT2D eigenvalue weighted by Gasteiger charge is -2.42. The number of hydrogen-bond donors (Lipinski definition) is 1. The van der Waals surface area contributed by atoms with Gasteiger partial charge in [-0.1, -0.05) is 0 Å². The molecule has 2 saturated heterocycles. The number of carbonyl (C=O) groups excluding carboxylic acids is 1. The number of piperidine rings is 2. The van der Waals surface area contributed by atoms with Crippen LogP contribution in [-0.2, 0) is 9.53 Å². The molecule has 144 valence electrons. The fourth-order valence-electron chi connectivity index (χ4n) is 3.99. The van der Waals surface area contributed by atoms with E-state index in [1.807, 2.05) is 13.0 Å². The van der Waals surface area contributed by atoms with Crippen molar-refractivity contribution in [2.45, 2.75) is 38.6 Å². The second kappa shape index (κ2) is 9.28. The molecule has 1 amide bonds. The Labute approximate surface area is 156 Å². The van der Waals surface area contributed by atoms with E-state index < -0.39 is 0 Å². The first-order valence-corrected chi connectivity index (χ1v) is 9.73. The Morgan fingerprint density at radius 3 is 2.73 bits per heavy atom. The van der Waals surface area contributed by atoms with Crippen LogP contribution < -0.4 is 10.2 Å². The Morgan fingerprint density at radius 1 is 1.23 bits per heavy atom. The summed E-state index contributed by atoms with van der Waals surface area (Å²) in [6.07, 6.45) is 4.33. The van der Waals surface area contributed by atoms with Gasteiger partial charge in [-0.2, -0.15) is 5.10 Å². The van der Waals surface area contributed by atoms with Crippen LogP contribution in [-0.4, -0.2) is 73.5 Å². The number of ether oxygens (including phenoxy) is 1. The zero-order chi connectivity index (χ0) is 18.4. The van der Waals surface area contributed by atoms with Crippen molar-refractivity contribution >= 4 is 11.7 Å². The predicted molar refractivity (Wildman–Crippen MR) is 101 cm³/mol. The smallest absolute Gasteiger partial charge is 0.224 e. The number of nitrogens with zero attached hydrogens (tertiary/aromatic N) is 4. The van der Waals surface area contributed by atoms with Crippen LogP contribution in [0.4, 0.5) is 5.82 Å². The molecule has 0 spiro atoms. The molecular weight excluding hydrogens is 330 g/mol. The van der Waals surface area contributed by atoms with Gasteiger partial charge < -0.3 is 15.0 Å². The molecule has 1 aromatic rings. The summed E-state index contributed by atoms with van der Waals surface area (Å²) >= 11 is 0. The van der Waals surface area contributed by atoms with Gasteiger partial charge in [0.1, 0.15) is 0 Å². The average molecular weight is 361 g/mol. The second-order valence-electron chi connectivity index (χ2n) is 7.37. The van der Waals surface area contributed by atoms with Crippen molar-refractivity contribution < 1.29 is 9.53 Å². The standard InChI is InChI=1S/C19H31N5O2/c1-15-5-6-18(22-21-15)23-11-7-17(8-12-23)24-10-3-4-16(14-24)19(25)20-9-13-26-2/h5-6,16-17H,3-4,7-14H2,1-2H3,(H,20,25). The topological polar surface area (TPSA) is 70.6 Å². The third kappa shape index (κ3) is 4.92. The number of anilines is 1. The molecule has 26 heavy (non-hydrogen) atoms. The number of aromatic nitrogens is 2. The fourth-order valence-corrected chi connectivity index (χ4v) is 3.99. The summed E-state index contributed by atoms with van der Waals surface area (Å²) in [5, 5.41) is 11.5. The van der Waals surface area contributed by atoms with Crippen molar-refractivity contribution in [1.29, 1.82) is 0 Å². The third-order valence-electron chi connectivity index (χ3n) is 5.52. The first-order chi connectivity index (χ1) is 12.7. The highest BCUT2D eigenvalue weighted by atomic mass is 16.5. The van der Waals surface area contributed by atoms with Crippen molar-refractivity contribution in [3.05, 3.63) is 17.8 Å². The second-order valence-corrected chi connectivity index (χ2v) is 7.37. The van der Waals surface area contributed by atoms with Gasteiger partial charge in [-0.25, -0.2) is 0 Å². The quantitative estimate of drug-likeness (QED) is 0.769. The number of hydrogen-bond acceptors (Lipinski definition) is 6. The summed E-state index contributed by atoms with van der Waals surface area (Å²) in [6, 6.07) is 4.65. The highest BCUT2D eigenvalue weighted by Crippen LogP contribution is 2.25. The molecule has 3 heterocycles. The Balaban J connectivity index is 1.47. The highest BCUT2D eigenvalue weighted by molar-refractivity contribution is 5.78. The SMILES string of the molecule is COCCNC(=O)C1CCCN(C2CCN(c3ccc(C)nn3)CC2)C1. The first-order valence-electron chi connectivity index (χ1n) is 9.73. The van der Waals surface area contributed by atoms with E-state index in [-0.39, 0.29) is 11.8 Å². The van der Waals surface area contributed by atoms with Crippen LogP contribution >= 0.6 is 0 Å². The molecule has 0 aromatic carbocycles. The molecule has 7 heteroatoms. The molecule has 7 nitrogen and oxygen atoms in total. The van der Waals surface area contributed by atoms with E-state index in [2.05, 4.69) is 31.4 Å². The molecule has 2 aliphatic heterocycles. The van der Waals surface area contributed by atoms with Crippen molar-refractivity contribution in [2.24, 2.45) is 5.92 Å². The highest BCUT2D eigenvalue weighted by Gasteiger charge is 2.31. The van der Waals surface area contributed by atoms with E-state index in [1.54, 1.807) is 7.11 Å². The maximum absolute atomic E-state index is 12.3. The molecule has 1 unspecified atom stereocenters. The lowest BCUT2D eigenvalue weighted by atomic mass is 9.93. The van der Waals surface area contributed by atoms with Gasteiger partial charge in [0.2, 0.25) is 5.91 Å². The van der Waals surface area contributed by atoms with Gasteiger partial charge >= 0.3 is 0 Å². The lowest BCUT2D eigenvalue weighted by molar-refractivity contribution is -0.127. The summed E-state index contributed by atoms with van der Waals surface area (Å²) in [4.78, 5) is 17.2. The number of methoxy groups -OCH3 is 1. The van der Waals surface area contributed by atoms with Crippen molar-refractivity contribution in [1.82, 2.24) is 20.4 Å². The van der Waals surface area contributed by atoms with Gasteiger partial charge in [-0.3, -0.25) is 9.69 Å². The van der Waals surface area contributed by atoms with E-state index >= 15 is 0 Å². The summed E-state index contributed by atoms with van der Waals surface area (Å²) in [5.41, 5.74) is 0.951. The van der Waals surface area contributed by atoms with E-state index in [0.717, 1.165) is 63.4 Å². The van der Waals surface area contributed by atoms with Gasteiger partial charge in [-0.05, 0) is 51.3 Å². The summed E-state index contributed by atoms with van der Waals surface area (Å²) in [6.45, 7) is 7.13. The normalized spacial score (nSPS) is 22.4. The largest absolute Gasteiger partial charge is 0.383 e. The molecule has 0 saturated carbocycles. The molecule has 2 aliphatic rings. The maximum atomic E-state index is 12.3. The lowest BCUT2D eigenvalue weighted by Crippen LogP contribution is -2.51. The van der Waals surface area contributed by atoms with Gasteiger partial charge in [0.05, 0.1) is 18.2 Å². The molecule has 0 aliphatic carbocycles. The molecule has 0 bridgehead atoms. The minimum Gasteiger partial charge on any atom is -0.383 e. The van der Waals surface area contributed by atoms with Crippen LogP contribution in [0.1, 0.15) is 31.4 Å². The minimum absolute atomic E-state index is 0.113. The third-order valence-corrected chi connectivity index (χ3v) is 5.52. The number of nitrogens with one attached hydrogen (secondary N) is 1. The van der Waals surface area contributed by atoms with Crippen LogP contribution in [0.15, 0.2) is 12.1 Å².